The molecule has 0 amide bonds. The van der Waals surface area contributed by atoms with Crippen LogP contribution in [-0.2, 0) is 0 Å². The van der Waals surface area contributed by atoms with Gasteiger partial charge in [0.15, 0.2) is 0 Å². The Balaban J connectivity index is 2.11. The van der Waals surface area contributed by atoms with E-state index in [0.29, 0.717) is 11.8 Å². The molecule has 0 bridgehead atoms. The molecule has 0 aliphatic heterocycles. The molecule has 0 spiro atoms. The SMILES string of the molecule is CCCNC(C)c1nnc(-c2ccncc2)o1. The molecule has 0 aromatic carbocycles. The second kappa shape index (κ2) is 5.54. The van der Waals surface area contributed by atoms with Gasteiger partial charge in [0.1, 0.15) is 0 Å². The van der Waals surface area contributed by atoms with E-state index in [1.807, 2.05) is 19.1 Å². The maximum atomic E-state index is 5.62. The molecular weight excluding hydrogens is 216 g/mol. The van der Waals surface area contributed by atoms with Crippen molar-refractivity contribution in [2.24, 2.45) is 0 Å². The third-order valence-electron chi connectivity index (χ3n) is 2.44. The third kappa shape index (κ3) is 2.88. The van der Waals surface area contributed by atoms with Gasteiger partial charge >= 0.3 is 0 Å². The average Bonchev–Trinajstić information content (AvgIpc) is 2.86. The Bertz CT molecular complexity index is 455. The summed E-state index contributed by atoms with van der Waals surface area (Å²) in [4.78, 5) is 3.95. The van der Waals surface area contributed by atoms with Gasteiger partial charge < -0.3 is 9.73 Å². The van der Waals surface area contributed by atoms with E-state index in [1.54, 1.807) is 12.4 Å². The molecule has 0 fully saturated rings. The van der Waals surface area contributed by atoms with Crippen LogP contribution < -0.4 is 5.32 Å². The highest BCUT2D eigenvalue weighted by Crippen LogP contribution is 2.19. The van der Waals surface area contributed by atoms with Crippen LogP contribution in [0.15, 0.2) is 28.9 Å². The quantitative estimate of drug-likeness (QED) is 0.856. The zero-order valence-electron chi connectivity index (χ0n) is 10.1. The first-order valence-electron chi connectivity index (χ1n) is 5.78. The second-order valence-electron chi connectivity index (χ2n) is 3.86. The predicted molar refractivity (Wildman–Crippen MR) is 64.2 cm³/mol. The molecule has 0 radical (unpaired) electrons. The number of aromatic nitrogens is 3. The minimum Gasteiger partial charge on any atom is -0.419 e. The number of rotatable bonds is 5. The van der Waals surface area contributed by atoms with Crippen LogP contribution in [0.3, 0.4) is 0 Å². The van der Waals surface area contributed by atoms with Crippen molar-refractivity contribution in [2.45, 2.75) is 26.3 Å². The predicted octanol–water partition coefficient (Wildman–Crippen LogP) is 2.19. The lowest BCUT2D eigenvalue weighted by Crippen LogP contribution is -2.19. The fraction of sp³-hybridized carbons (Fsp3) is 0.417. The minimum atomic E-state index is 0.0815. The van der Waals surface area contributed by atoms with E-state index in [9.17, 15) is 0 Å². The van der Waals surface area contributed by atoms with Crippen molar-refractivity contribution in [3.63, 3.8) is 0 Å². The van der Waals surface area contributed by atoms with E-state index in [0.717, 1.165) is 18.5 Å². The summed E-state index contributed by atoms with van der Waals surface area (Å²) in [5.41, 5.74) is 0.890. The Morgan fingerprint density at radius 2 is 2.06 bits per heavy atom. The van der Waals surface area contributed by atoms with Crippen LogP contribution in [0.2, 0.25) is 0 Å². The Kier molecular flexibility index (Phi) is 3.82. The van der Waals surface area contributed by atoms with Crippen molar-refractivity contribution in [1.29, 1.82) is 0 Å². The molecule has 1 atom stereocenters. The molecule has 0 saturated heterocycles. The Hall–Kier alpha value is -1.75. The molecular formula is C12H16N4O. The monoisotopic (exact) mass is 232 g/mol. The van der Waals surface area contributed by atoms with Crippen LogP contribution in [0.5, 0.6) is 0 Å². The van der Waals surface area contributed by atoms with Crippen molar-refractivity contribution in [3.05, 3.63) is 30.4 Å². The number of hydrogen-bond acceptors (Lipinski definition) is 5. The van der Waals surface area contributed by atoms with Gasteiger partial charge in [0.25, 0.3) is 0 Å². The van der Waals surface area contributed by atoms with Crippen LogP contribution in [0.1, 0.15) is 32.2 Å². The number of nitrogens with zero attached hydrogens (tertiary/aromatic N) is 3. The summed E-state index contributed by atoms with van der Waals surface area (Å²) in [6, 6.07) is 3.78. The molecule has 5 nitrogen and oxygen atoms in total. The van der Waals surface area contributed by atoms with Crippen LogP contribution in [0.25, 0.3) is 11.5 Å². The fourth-order valence-corrected chi connectivity index (χ4v) is 1.47. The first-order valence-corrected chi connectivity index (χ1v) is 5.78. The van der Waals surface area contributed by atoms with E-state index in [-0.39, 0.29) is 6.04 Å². The normalized spacial score (nSPS) is 12.6. The summed E-state index contributed by atoms with van der Waals surface area (Å²) < 4.78 is 5.62. The van der Waals surface area contributed by atoms with E-state index in [2.05, 4.69) is 27.4 Å². The Morgan fingerprint density at radius 3 is 2.76 bits per heavy atom. The zero-order valence-corrected chi connectivity index (χ0v) is 10.1. The lowest BCUT2D eigenvalue weighted by atomic mass is 10.3. The van der Waals surface area contributed by atoms with Crippen LogP contribution in [-0.4, -0.2) is 21.7 Å². The minimum absolute atomic E-state index is 0.0815. The van der Waals surface area contributed by atoms with Gasteiger partial charge in [-0.25, -0.2) is 0 Å². The molecule has 2 heterocycles. The van der Waals surface area contributed by atoms with Crippen LogP contribution >= 0.6 is 0 Å². The molecule has 90 valence electrons. The Labute approximate surface area is 100 Å². The van der Waals surface area contributed by atoms with Gasteiger partial charge in [-0.2, -0.15) is 0 Å². The maximum absolute atomic E-state index is 5.62. The molecule has 1 unspecified atom stereocenters. The Morgan fingerprint density at radius 1 is 1.29 bits per heavy atom. The van der Waals surface area contributed by atoms with Crippen molar-refractivity contribution in [3.8, 4) is 11.5 Å². The molecule has 2 rings (SSSR count). The maximum Gasteiger partial charge on any atom is 0.247 e. The largest absolute Gasteiger partial charge is 0.419 e. The smallest absolute Gasteiger partial charge is 0.247 e. The van der Waals surface area contributed by atoms with Gasteiger partial charge in [-0.1, -0.05) is 6.92 Å². The highest BCUT2D eigenvalue weighted by molar-refractivity contribution is 5.50. The van der Waals surface area contributed by atoms with Gasteiger partial charge in [0, 0.05) is 18.0 Å². The zero-order chi connectivity index (χ0) is 12.1. The molecule has 0 aliphatic carbocycles. The summed E-state index contributed by atoms with van der Waals surface area (Å²) >= 11 is 0. The van der Waals surface area contributed by atoms with Crippen LogP contribution in [0, 0.1) is 0 Å². The average molecular weight is 232 g/mol. The van der Waals surface area contributed by atoms with E-state index in [4.69, 9.17) is 4.42 Å². The van der Waals surface area contributed by atoms with Gasteiger partial charge in [0.2, 0.25) is 11.8 Å². The summed E-state index contributed by atoms with van der Waals surface area (Å²) in [6.07, 6.45) is 4.49. The lowest BCUT2D eigenvalue weighted by Gasteiger charge is -2.07. The number of nitrogens with one attached hydrogen (secondary N) is 1. The standard InChI is InChI=1S/C12H16N4O/c1-3-6-14-9(2)11-15-16-12(17-11)10-4-7-13-8-5-10/h4-5,7-9,14H,3,6H2,1-2H3. The van der Waals surface area contributed by atoms with Gasteiger partial charge in [0.05, 0.1) is 6.04 Å². The molecule has 0 aliphatic rings. The molecule has 5 heteroatoms. The van der Waals surface area contributed by atoms with E-state index >= 15 is 0 Å². The first kappa shape index (κ1) is 11.7. The molecule has 0 saturated carbocycles. The summed E-state index contributed by atoms with van der Waals surface area (Å²) in [7, 11) is 0. The highest BCUT2D eigenvalue weighted by atomic mass is 16.4. The van der Waals surface area contributed by atoms with E-state index in [1.165, 1.54) is 0 Å². The van der Waals surface area contributed by atoms with Crippen molar-refractivity contribution in [1.82, 2.24) is 20.5 Å². The molecule has 2 aromatic rings. The van der Waals surface area contributed by atoms with E-state index < -0.39 is 0 Å². The van der Waals surface area contributed by atoms with Gasteiger partial charge in [-0.3, -0.25) is 4.98 Å². The van der Waals surface area contributed by atoms with Crippen molar-refractivity contribution in [2.75, 3.05) is 6.54 Å². The first-order chi connectivity index (χ1) is 8.31. The summed E-state index contributed by atoms with van der Waals surface area (Å²) in [5.74, 6) is 1.15. The number of hydrogen-bond donors (Lipinski definition) is 1. The number of pyridine rings is 1. The molecule has 1 N–H and O–H groups in total. The molecule has 2 aromatic heterocycles. The fourth-order valence-electron chi connectivity index (χ4n) is 1.47. The van der Waals surface area contributed by atoms with Crippen LogP contribution in [0.4, 0.5) is 0 Å². The topological polar surface area (TPSA) is 63.8 Å². The summed E-state index contributed by atoms with van der Waals surface area (Å²) in [6.45, 7) is 5.07. The van der Waals surface area contributed by atoms with Crippen molar-refractivity contribution >= 4 is 0 Å². The second-order valence-corrected chi connectivity index (χ2v) is 3.86. The van der Waals surface area contributed by atoms with Gasteiger partial charge in [-0.15, -0.1) is 10.2 Å². The third-order valence-corrected chi connectivity index (χ3v) is 2.44. The lowest BCUT2D eigenvalue weighted by molar-refractivity contribution is 0.423. The summed E-state index contributed by atoms with van der Waals surface area (Å²) in [5, 5.41) is 11.4. The van der Waals surface area contributed by atoms with Gasteiger partial charge in [-0.05, 0) is 32.0 Å². The van der Waals surface area contributed by atoms with Crippen molar-refractivity contribution < 1.29 is 4.42 Å². The highest BCUT2D eigenvalue weighted by Gasteiger charge is 2.13. The molecule has 17 heavy (non-hydrogen) atoms.